The minimum atomic E-state index is -1.02. The van der Waals surface area contributed by atoms with E-state index in [1.54, 1.807) is 31.2 Å². The van der Waals surface area contributed by atoms with Gasteiger partial charge in [0.2, 0.25) is 0 Å². The Bertz CT molecular complexity index is 718. The predicted molar refractivity (Wildman–Crippen MR) is 83.0 cm³/mol. The fourth-order valence-corrected chi connectivity index (χ4v) is 3.82. The van der Waals surface area contributed by atoms with Crippen LogP contribution in [0, 0.1) is 5.41 Å². The summed E-state index contributed by atoms with van der Waals surface area (Å²) in [6.45, 7) is 2.61. The molecule has 0 unspecified atom stereocenters. The van der Waals surface area contributed by atoms with E-state index in [2.05, 4.69) is 0 Å². The van der Waals surface area contributed by atoms with Crippen LogP contribution < -0.4 is 0 Å². The van der Waals surface area contributed by atoms with E-state index in [4.69, 9.17) is 9.47 Å². The summed E-state index contributed by atoms with van der Waals surface area (Å²) in [4.78, 5) is 26.2. The Morgan fingerprint density at radius 2 is 1.71 bits per heavy atom. The normalized spacial score (nSPS) is 28.4. The maximum absolute atomic E-state index is 14.6. The number of ether oxygens (including phenoxy) is 2. The number of carbonyl (C=O) groups is 2. The summed E-state index contributed by atoms with van der Waals surface area (Å²) < 4.78 is 26.0. The number of halogens is 1. The van der Waals surface area contributed by atoms with Gasteiger partial charge >= 0.3 is 0 Å². The first-order valence-electron chi connectivity index (χ1n) is 8.03. The monoisotopic (exact) mass is 331 g/mol. The fraction of sp³-hybridized carbons (Fsp3) is 0.444. The molecule has 1 aromatic carbocycles. The lowest BCUT2D eigenvalue weighted by molar-refractivity contribution is -0.181. The molecular formula is C18H18FNO4. The van der Waals surface area contributed by atoms with E-state index in [0.29, 0.717) is 30.8 Å². The molecule has 0 aromatic heterocycles. The van der Waals surface area contributed by atoms with Crippen LogP contribution in [0.4, 0.5) is 4.39 Å². The van der Waals surface area contributed by atoms with Crippen LogP contribution in [-0.2, 0) is 9.47 Å². The van der Waals surface area contributed by atoms with E-state index in [0.717, 1.165) is 4.90 Å². The van der Waals surface area contributed by atoms with Gasteiger partial charge < -0.3 is 9.47 Å². The van der Waals surface area contributed by atoms with Gasteiger partial charge in [-0.05, 0) is 18.2 Å². The minimum Gasteiger partial charge on any atom is -0.347 e. The van der Waals surface area contributed by atoms with E-state index >= 15 is 0 Å². The van der Waals surface area contributed by atoms with Crippen molar-refractivity contribution in [3.63, 3.8) is 0 Å². The maximum atomic E-state index is 14.6. The first-order chi connectivity index (χ1) is 11.4. The van der Waals surface area contributed by atoms with Crippen molar-refractivity contribution in [1.82, 2.24) is 4.90 Å². The van der Waals surface area contributed by atoms with Crippen LogP contribution in [0.2, 0.25) is 0 Å². The Hall–Kier alpha value is -2.05. The lowest BCUT2D eigenvalue weighted by atomic mass is 9.76. The second-order valence-electron chi connectivity index (χ2n) is 6.84. The first-order valence-corrected chi connectivity index (χ1v) is 8.03. The third-order valence-corrected chi connectivity index (χ3v) is 5.03. The Morgan fingerprint density at radius 1 is 1.12 bits per heavy atom. The highest BCUT2D eigenvalue weighted by Gasteiger charge is 2.50. The Labute approximate surface area is 139 Å². The summed E-state index contributed by atoms with van der Waals surface area (Å²) in [5.41, 5.74) is -0.278. The molecule has 6 heteroatoms. The molecule has 1 atom stereocenters. The molecule has 0 radical (unpaired) electrons. The molecule has 2 aliphatic heterocycles. The van der Waals surface area contributed by atoms with Crippen LogP contribution in [-0.4, -0.2) is 42.3 Å². The topological polar surface area (TPSA) is 55.8 Å². The number of benzene rings is 1. The van der Waals surface area contributed by atoms with E-state index in [9.17, 15) is 14.0 Å². The summed E-state index contributed by atoms with van der Waals surface area (Å²) in [7, 11) is 0. The van der Waals surface area contributed by atoms with Crippen molar-refractivity contribution in [1.29, 1.82) is 0 Å². The highest BCUT2D eigenvalue weighted by Crippen LogP contribution is 2.47. The lowest BCUT2D eigenvalue weighted by Crippen LogP contribution is -2.47. The molecule has 1 fully saturated rings. The summed E-state index contributed by atoms with van der Waals surface area (Å²) in [6.07, 6.45) is 2.07. The molecule has 24 heavy (non-hydrogen) atoms. The van der Waals surface area contributed by atoms with Crippen molar-refractivity contribution in [3.05, 3.63) is 47.3 Å². The van der Waals surface area contributed by atoms with Crippen LogP contribution in [0.5, 0.6) is 0 Å². The zero-order valence-electron chi connectivity index (χ0n) is 13.4. The van der Waals surface area contributed by atoms with Crippen molar-refractivity contribution in [2.45, 2.75) is 25.6 Å². The first kappa shape index (κ1) is 15.5. The molecule has 1 spiro atoms. The number of nitrogens with zero attached hydrogens (tertiary/aromatic N) is 1. The van der Waals surface area contributed by atoms with Crippen LogP contribution in [0.15, 0.2) is 36.2 Å². The molecule has 1 saturated heterocycles. The molecule has 5 nitrogen and oxygen atoms in total. The van der Waals surface area contributed by atoms with E-state index in [-0.39, 0.29) is 30.6 Å². The minimum absolute atomic E-state index is 0.0316. The van der Waals surface area contributed by atoms with E-state index in [1.807, 2.05) is 0 Å². The van der Waals surface area contributed by atoms with Gasteiger partial charge in [-0.1, -0.05) is 19.1 Å². The zero-order chi connectivity index (χ0) is 16.9. The number of hydrogen-bond donors (Lipinski definition) is 0. The number of fused-ring (bicyclic) bond motifs is 1. The second kappa shape index (κ2) is 5.22. The lowest BCUT2D eigenvalue weighted by Gasteiger charge is -2.41. The molecule has 4 rings (SSSR count). The van der Waals surface area contributed by atoms with Crippen LogP contribution in [0.3, 0.4) is 0 Å². The number of carbonyl (C=O) groups excluding carboxylic acids is 2. The quantitative estimate of drug-likeness (QED) is 0.782. The van der Waals surface area contributed by atoms with Gasteiger partial charge in [0.15, 0.2) is 5.79 Å². The van der Waals surface area contributed by atoms with Crippen LogP contribution in [0.1, 0.15) is 40.5 Å². The second-order valence-corrected chi connectivity index (χ2v) is 6.84. The molecule has 2 amide bonds. The van der Waals surface area contributed by atoms with Gasteiger partial charge in [-0.15, -0.1) is 0 Å². The summed E-state index contributed by atoms with van der Waals surface area (Å²) in [5.74, 6) is -1.93. The smallest absolute Gasteiger partial charge is 0.261 e. The van der Waals surface area contributed by atoms with Gasteiger partial charge in [-0.2, -0.15) is 0 Å². The fourth-order valence-electron chi connectivity index (χ4n) is 3.82. The van der Waals surface area contributed by atoms with Crippen molar-refractivity contribution in [3.8, 4) is 0 Å². The molecule has 0 N–H and O–H groups in total. The van der Waals surface area contributed by atoms with Gasteiger partial charge in [0.1, 0.15) is 5.83 Å². The average molecular weight is 331 g/mol. The van der Waals surface area contributed by atoms with Gasteiger partial charge in [0.05, 0.1) is 24.3 Å². The number of imide groups is 1. The largest absolute Gasteiger partial charge is 0.347 e. The van der Waals surface area contributed by atoms with E-state index < -0.39 is 11.2 Å². The Kier molecular flexibility index (Phi) is 3.37. The third kappa shape index (κ3) is 2.21. The van der Waals surface area contributed by atoms with Crippen molar-refractivity contribution >= 4 is 11.8 Å². The van der Waals surface area contributed by atoms with E-state index in [1.165, 1.54) is 6.08 Å². The molecule has 2 heterocycles. The van der Waals surface area contributed by atoms with Crippen LogP contribution in [0.25, 0.3) is 0 Å². The maximum Gasteiger partial charge on any atom is 0.261 e. The van der Waals surface area contributed by atoms with Gasteiger partial charge in [0.25, 0.3) is 11.8 Å². The molecule has 1 aromatic rings. The van der Waals surface area contributed by atoms with Gasteiger partial charge in [0, 0.05) is 24.8 Å². The number of hydrogen-bond acceptors (Lipinski definition) is 4. The van der Waals surface area contributed by atoms with Crippen molar-refractivity contribution in [2.24, 2.45) is 5.41 Å². The molecule has 3 aliphatic rings. The molecule has 1 aliphatic carbocycles. The number of amides is 2. The van der Waals surface area contributed by atoms with Crippen LogP contribution >= 0.6 is 0 Å². The molecule has 0 saturated carbocycles. The van der Waals surface area contributed by atoms with Crippen molar-refractivity contribution < 1.29 is 23.5 Å². The highest BCUT2D eigenvalue weighted by atomic mass is 19.1. The van der Waals surface area contributed by atoms with Gasteiger partial charge in [-0.3, -0.25) is 14.5 Å². The molecule has 126 valence electrons. The van der Waals surface area contributed by atoms with Crippen molar-refractivity contribution in [2.75, 3.05) is 19.8 Å². The predicted octanol–water partition coefficient (Wildman–Crippen LogP) is 2.68. The van der Waals surface area contributed by atoms with Gasteiger partial charge in [-0.25, -0.2) is 4.39 Å². The standard InChI is InChI=1S/C18H18FNO4/c1-17(10-18(7-6-14(17)19)23-8-9-24-18)11-20-15(21)12-4-2-3-5-13(12)16(20)22/h2-6H,7-11H2,1H3/t17-/m1/s1. The summed E-state index contributed by atoms with van der Waals surface area (Å²) >= 11 is 0. The zero-order valence-corrected chi connectivity index (χ0v) is 13.4. The number of rotatable bonds is 2. The average Bonchev–Trinajstić information content (AvgIpc) is 3.11. The SMILES string of the molecule is C[C@]1(CN2C(=O)c3ccccc3C2=O)CC2(CC=C1F)OCCO2. The Morgan fingerprint density at radius 3 is 2.29 bits per heavy atom. The third-order valence-electron chi connectivity index (χ3n) is 5.03. The molecular weight excluding hydrogens is 313 g/mol. The summed E-state index contributed by atoms with van der Waals surface area (Å²) in [5, 5.41) is 0. The molecule has 0 bridgehead atoms. The Balaban J connectivity index is 1.63. The highest BCUT2D eigenvalue weighted by molar-refractivity contribution is 6.21. The summed E-state index contributed by atoms with van der Waals surface area (Å²) in [6, 6.07) is 6.67.